The third kappa shape index (κ3) is 3.79. The van der Waals surface area contributed by atoms with E-state index in [1.165, 1.54) is 24.2 Å². The van der Waals surface area contributed by atoms with E-state index in [1.807, 2.05) is 18.2 Å². The van der Waals surface area contributed by atoms with Crippen molar-refractivity contribution in [2.75, 3.05) is 13.7 Å². The molecule has 2 fully saturated rings. The SMILES string of the molecule is CN1C(=N)NC(COc2cccc(CO)c2)(CC2CCCCC2)C1=O. The van der Waals surface area contributed by atoms with Crippen molar-refractivity contribution >= 4 is 11.9 Å². The minimum Gasteiger partial charge on any atom is -0.491 e. The molecule has 0 spiro atoms. The van der Waals surface area contributed by atoms with E-state index >= 15 is 0 Å². The van der Waals surface area contributed by atoms with Gasteiger partial charge in [0.1, 0.15) is 12.4 Å². The Hall–Kier alpha value is -2.08. The van der Waals surface area contributed by atoms with Crippen molar-refractivity contribution in [1.82, 2.24) is 10.2 Å². The number of aliphatic hydroxyl groups is 1. The van der Waals surface area contributed by atoms with Crippen molar-refractivity contribution in [1.29, 1.82) is 5.41 Å². The predicted molar refractivity (Wildman–Crippen MR) is 95.4 cm³/mol. The molecule has 2 aliphatic rings. The van der Waals surface area contributed by atoms with Crippen LogP contribution >= 0.6 is 0 Å². The minimum atomic E-state index is -0.872. The lowest BCUT2D eigenvalue weighted by atomic mass is 9.79. The molecule has 1 unspecified atom stereocenters. The first-order valence-electron chi connectivity index (χ1n) is 9.01. The standard InChI is InChI=1S/C19H27N3O3/c1-22-17(24)19(21-18(22)20,11-14-6-3-2-4-7-14)13-25-16-9-5-8-15(10-16)12-23/h5,8-10,14,23H,2-4,6-7,11-13H2,1H3,(H2,20,21). The maximum atomic E-state index is 12.9. The zero-order valence-corrected chi connectivity index (χ0v) is 14.8. The topological polar surface area (TPSA) is 85.7 Å². The fraction of sp³-hybridized carbons (Fsp3) is 0.579. The molecular formula is C19H27N3O3. The summed E-state index contributed by atoms with van der Waals surface area (Å²) in [6.07, 6.45) is 6.65. The van der Waals surface area contributed by atoms with Crippen LogP contribution in [0.4, 0.5) is 0 Å². The molecular weight excluding hydrogens is 318 g/mol. The van der Waals surface area contributed by atoms with Gasteiger partial charge in [0, 0.05) is 7.05 Å². The number of hydrogen-bond acceptors (Lipinski definition) is 4. The van der Waals surface area contributed by atoms with Gasteiger partial charge in [0.05, 0.1) is 6.61 Å². The highest BCUT2D eigenvalue weighted by atomic mass is 16.5. The van der Waals surface area contributed by atoms with Gasteiger partial charge < -0.3 is 15.2 Å². The molecule has 1 atom stereocenters. The molecule has 136 valence electrons. The maximum Gasteiger partial charge on any atom is 0.258 e. The number of benzene rings is 1. The highest BCUT2D eigenvalue weighted by Crippen LogP contribution is 2.34. The quantitative estimate of drug-likeness (QED) is 0.738. The van der Waals surface area contributed by atoms with E-state index in [9.17, 15) is 9.90 Å². The zero-order valence-electron chi connectivity index (χ0n) is 14.8. The lowest BCUT2D eigenvalue weighted by molar-refractivity contribution is -0.132. The smallest absolute Gasteiger partial charge is 0.258 e. The van der Waals surface area contributed by atoms with E-state index in [-0.39, 0.29) is 25.1 Å². The number of nitrogens with one attached hydrogen (secondary N) is 2. The van der Waals surface area contributed by atoms with Gasteiger partial charge in [-0.25, -0.2) is 0 Å². The highest BCUT2D eigenvalue weighted by molar-refractivity contribution is 6.07. The predicted octanol–water partition coefficient (Wildman–Crippen LogP) is 2.26. The van der Waals surface area contributed by atoms with Crippen molar-refractivity contribution < 1.29 is 14.6 Å². The number of rotatable bonds is 6. The lowest BCUT2D eigenvalue weighted by Gasteiger charge is -2.32. The molecule has 1 amide bonds. The van der Waals surface area contributed by atoms with E-state index in [2.05, 4.69) is 5.32 Å². The summed E-state index contributed by atoms with van der Waals surface area (Å²) < 4.78 is 5.93. The first-order chi connectivity index (χ1) is 12.0. The number of aliphatic hydroxyl groups excluding tert-OH is 1. The Morgan fingerprint density at radius 1 is 1.36 bits per heavy atom. The van der Waals surface area contributed by atoms with Crippen LogP contribution in [-0.4, -0.2) is 41.1 Å². The Kier molecular flexibility index (Phi) is 5.27. The molecule has 3 rings (SSSR count). The van der Waals surface area contributed by atoms with Gasteiger partial charge in [0.15, 0.2) is 11.5 Å². The van der Waals surface area contributed by atoms with Crippen LogP contribution in [0.25, 0.3) is 0 Å². The van der Waals surface area contributed by atoms with Crippen LogP contribution in [0.15, 0.2) is 24.3 Å². The van der Waals surface area contributed by atoms with Crippen LogP contribution in [0.3, 0.4) is 0 Å². The third-order valence-electron chi connectivity index (χ3n) is 5.34. The number of carbonyl (C=O) groups excluding carboxylic acids is 1. The summed E-state index contributed by atoms with van der Waals surface area (Å²) >= 11 is 0. The van der Waals surface area contributed by atoms with Crippen LogP contribution in [-0.2, 0) is 11.4 Å². The summed E-state index contributed by atoms with van der Waals surface area (Å²) in [5, 5.41) is 20.4. The second kappa shape index (κ2) is 7.44. The Bertz CT molecular complexity index is 643. The van der Waals surface area contributed by atoms with Gasteiger partial charge in [-0.1, -0.05) is 44.2 Å². The van der Waals surface area contributed by atoms with Crippen LogP contribution in [0.1, 0.15) is 44.1 Å². The van der Waals surface area contributed by atoms with E-state index in [0.29, 0.717) is 18.1 Å². The number of nitrogens with zero attached hydrogens (tertiary/aromatic N) is 1. The molecule has 1 saturated heterocycles. The molecule has 1 aliphatic carbocycles. The van der Waals surface area contributed by atoms with E-state index in [0.717, 1.165) is 18.4 Å². The number of amides is 1. The number of carbonyl (C=O) groups is 1. The third-order valence-corrected chi connectivity index (χ3v) is 5.34. The summed E-state index contributed by atoms with van der Waals surface area (Å²) in [4.78, 5) is 14.2. The molecule has 1 heterocycles. The molecule has 6 nitrogen and oxygen atoms in total. The largest absolute Gasteiger partial charge is 0.491 e. The molecule has 25 heavy (non-hydrogen) atoms. The molecule has 1 aliphatic heterocycles. The average molecular weight is 345 g/mol. The molecule has 6 heteroatoms. The second-order valence-corrected chi connectivity index (χ2v) is 7.22. The van der Waals surface area contributed by atoms with Gasteiger partial charge in [-0.2, -0.15) is 0 Å². The van der Waals surface area contributed by atoms with Gasteiger partial charge in [-0.05, 0) is 30.0 Å². The van der Waals surface area contributed by atoms with Crippen molar-refractivity contribution in [2.45, 2.75) is 50.7 Å². The first-order valence-corrected chi connectivity index (χ1v) is 9.01. The fourth-order valence-corrected chi connectivity index (χ4v) is 3.91. The van der Waals surface area contributed by atoms with Gasteiger partial charge in [-0.3, -0.25) is 15.1 Å². The van der Waals surface area contributed by atoms with Crippen molar-refractivity contribution in [3.05, 3.63) is 29.8 Å². The molecule has 0 aromatic heterocycles. The van der Waals surface area contributed by atoms with E-state index < -0.39 is 5.54 Å². The number of ether oxygens (including phenoxy) is 1. The Morgan fingerprint density at radius 3 is 2.76 bits per heavy atom. The summed E-state index contributed by atoms with van der Waals surface area (Å²) in [6, 6.07) is 7.25. The number of likely N-dealkylation sites (N-methyl/N-ethyl adjacent to an activating group) is 1. The Labute approximate surface area is 148 Å². The van der Waals surface area contributed by atoms with Crippen LogP contribution in [0, 0.1) is 11.3 Å². The van der Waals surface area contributed by atoms with Gasteiger partial charge in [0.2, 0.25) is 0 Å². The van der Waals surface area contributed by atoms with Gasteiger partial charge in [-0.15, -0.1) is 0 Å². The van der Waals surface area contributed by atoms with Crippen molar-refractivity contribution in [3.63, 3.8) is 0 Å². The molecule has 0 bridgehead atoms. The normalized spacial score (nSPS) is 24.5. The number of hydrogen-bond donors (Lipinski definition) is 3. The van der Waals surface area contributed by atoms with Crippen molar-refractivity contribution in [3.8, 4) is 5.75 Å². The van der Waals surface area contributed by atoms with Gasteiger partial charge >= 0.3 is 0 Å². The molecule has 1 aromatic rings. The summed E-state index contributed by atoms with van der Waals surface area (Å²) in [5.41, 5.74) is -0.0994. The summed E-state index contributed by atoms with van der Waals surface area (Å²) in [6.45, 7) is 0.138. The fourth-order valence-electron chi connectivity index (χ4n) is 3.91. The second-order valence-electron chi connectivity index (χ2n) is 7.22. The summed E-state index contributed by atoms with van der Waals surface area (Å²) in [5.74, 6) is 1.15. The molecule has 1 aromatic carbocycles. The van der Waals surface area contributed by atoms with Crippen LogP contribution in [0.5, 0.6) is 5.75 Å². The van der Waals surface area contributed by atoms with Crippen molar-refractivity contribution in [2.24, 2.45) is 5.92 Å². The van der Waals surface area contributed by atoms with E-state index in [1.54, 1.807) is 13.1 Å². The minimum absolute atomic E-state index is 0.0466. The Balaban J connectivity index is 1.76. The van der Waals surface area contributed by atoms with Crippen LogP contribution < -0.4 is 10.1 Å². The van der Waals surface area contributed by atoms with Crippen LogP contribution in [0.2, 0.25) is 0 Å². The molecule has 0 radical (unpaired) electrons. The van der Waals surface area contributed by atoms with E-state index in [4.69, 9.17) is 10.1 Å². The number of guanidine groups is 1. The maximum absolute atomic E-state index is 12.9. The molecule has 1 saturated carbocycles. The average Bonchev–Trinajstić information content (AvgIpc) is 2.85. The first kappa shape index (κ1) is 17.7. The Morgan fingerprint density at radius 2 is 2.12 bits per heavy atom. The molecule has 3 N–H and O–H groups in total. The zero-order chi connectivity index (χ0) is 17.9. The monoisotopic (exact) mass is 345 g/mol. The summed E-state index contributed by atoms with van der Waals surface area (Å²) in [7, 11) is 1.63. The lowest BCUT2D eigenvalue weighted by Crippen LogP contribution is -2.53. The highest BCUT2D eigenvalue weighted by Gasteiger charge is 2.50. The van der Waals surface area contributed by atoms with Gasteiger partial charge in [0.25, 0.3) is 5.91 Å².